The molecule has 0 saturated carbocycles. The molecule has 0 bridgehead atoms. The second-order valence-electron chi connectivity index (χ2n) is 7.49. The molecule has 27 heavy (non-hydrogen) atoms. The molecule has 0 radical (unpaired) electrons. The Morgan fingerprint density at radius 2 is 1.96 bits per heavy atom. The summed E-state index contributed by atoms with van der Waals surface area (Å²) in [5.74, 6) is 0.831. The summed E-state index contributed by atoms with van der Waals surface area (Å²) in [5.41, 5.74) is 2.12. The lowest BCUT2D eigenvalue weighted by Gasteiger charge is -2.18. The molecule has 3 aromatic rings. The highest BCUT2D eigenvalue weighted by molar-refractivity contribution is 5.86. The van der Waals surface area contributed by atoms with Crippen LogP contribution in [0.2, 0.25) is 0 Å². The van der Waals surface area contributed by atoms with Crippen LogP contribution >= 0.6 is 0 Å². The summed E-state index contributed by atoms with van der Waals surface area (Å²) in [6, 6.07) is 17.4. The van der Waals surface area contributed by atoms with E-state index >= 15 is 0 Å². The lowest BCUT2D eigenvalue weighted by Crippen LogP contribution is -2.37. The summed E-state index contributed by atoms with van der Waals surface area (Å²) < 4.78 is 0. The molecule has 1 N–H and O–H groups in total. The Hall–Kier alpha value is -2.50. The molecule has 1 atom stereocenters. The Morgan fingerprint density at radius 3 is 2.81 bits per heavy atom. The molecule has 4 rings (SSSR count). The number of nitrogens with zero attached hydrogens (tertiary/aromatic N) is 4. The first-order chi connectivity index (χ1) is 13.2. The maximum absolute atomic E-state index is 4.85. The van der Waals surface area contributed by atoms with Gasteiger partial charge >= 0.3 is 0 Å². The van der Waals surface area contributed by atoms with E-state index in [4.69, 9.17) is 4.98 Å². The van der Waals surface area contributed by atoms with Gasteiger partial charge in [-0.15, -0.1) is 0 Å². The van der Waals surface area contributed by atoms with Crippen LogP contribution in [0.25, 0.3) is 22.0 Å². The van der Waals surface area contributed by atoms with Gasteiger partial charge < -0.3 is 15.1 Å². The minimum Gasteiger partial charge on any atom is -0.339 e. The van der Waals surface area contributed by atoms with Gasteiger partial charge in [0.15, 0.2) is 0 Å². The normalized spacial score (nSPS) is 17.1. The first-order valence-electron chi connectivity index (χ1n) is 9.64. The van der Waals surface area contributed by atoms with Gasteiger partial charge in [-0.3, -0.25) is 0 Å². The largest absolute Gasteiger partial charge is 0.339 e. The predicted molar refractivity (Wildman–Crippen MR) is 112 cm³/mol. The molecule has 1 aromatic heterocycles. The SMILES string of the molecule is CN(C)CCN[C@@H]1CCN(c2nccc(-c3ccc4ccccc4c3)n2)C1. The van der Waals surface area contributed by atoms with Gasteiger partial charge in [-0.05, 0) is 43.4 Å². The van der Waals surface area contributed by atoms with Crippen molar-refractivity contribution < 1.29 is 0 Å². The summed E-state index contributed by atoms with van der Waals surface area (Å²) in [4.78, 5) is 13.9. The highest BCUT2D eigenvalue weighted by Crippen LogP contribution is 2.25. The van der Waals surface area contributed by atoms with Gasteiger partial charge in [-0.1, -0.05) is 36.4 Å². The lowest BCUT2D eigenvalue weighted by atomic mass is 10.1. The van der Waals surface area contributed by atoms with Crippen molar-refractivity contribution in [1.29, 1.82) is 0 Å². The lowest BCUT2D eigenvalue weighted by molar-refractivity contribution is 0.387. The number of aromatic nitrogens is 2. The van der Waals surface area contributed by atoms with Crippen LogP contribution < -0.4 is 10.2 Å². The molecule has 2 aromatic carbocycles. The fraction of sp³-hybridized carbons (Fsp3) is 0.364. The topological polar surface area (TPSA) is 44.3 Å². The molecule has 0 amide bonds. The summed E-state index contributed by atoms with van der Waals surface area (Å²) in [7, 11) is 4.21. The van der Waals surface area contributed by atoms with Gasteiger partial charge in [-0.25, -0.2) is 9.97 Å². The number of fused-ring (bicyclic) bond motifs is 1. The first-order valence-corrected chi connectivity index (χ1v) is 9.64. The van der Waals surface area contributed by atoms with Crippen LogP contribution in [0, 0.1) is 0 Å². The molecule has 140 valence electrons. The zero-order valence-electron chi connectivity index (χ0n) is 16.1. The molecular weight excluding hydrogens is 334 g/mol. The van der Waals surface area contributed by atoms with Crippen molar-refractivity contribution in [3.63, 3.8) is 0 Å². The number of hydrogen-bond donors (Lipinski definition) is 1. The number of rotatable bonds is 6. The Bertz CT molecular complexity index is 908. The van der Waals surface area contributed by atoms with Crippen molar-refractivity contribution >= 4 is 16.7 Å². The van der Waals surface area contributed by atoms with Gasteiger partial charge in [0, 0.05) is 44.0 Å². The van der Waals surface area contributed by atoms with E-state index < -0.39 is 0 Å². The van der Waals surface area contributed by atoms with E-state index in [1.54, 1.807) is 0 Å². The van der Waals surface area contributed by atoms with Crippen molar-refractivity contribution in [3.8, 4) is 11.3 Å². The van der Waals surface area contributed by atoms with Crippen LogP contribution in [-0.2, 0) is 0 Å². The summed E-state index contributed by atoms with van der Waals surface area (Å²) in [5, 5.41) is 6.13. The van der Waals surface area contributed by atoms with Crippen LogP contribution in [-0.4, -0.2) is 61.2 Å². The van der Waals surface area contributed by atoms with E-state index in [0.29, 0.717) is 6.04 Å². The second kappa shape index (κ2) is 8.03. The third kappa shape index (κ3) is 4.26. The Morgan fingerprint density at radius 1 is 1.11 bits per heavy atom. The average molecular weight is 361 g/mol. The van der Waals surface area contributed by atoms with E-state index in [2.05, 4.69) is 76.7 Å². The van der Waals surface area contributed by atoms with E-state index in [-0.39, 0.29) is 0 Å². The van der Waals surface area contributed by atoms with Crippen LogP contribution in [0.1, 0.15) is 6.42 Å². The fourth-order valence-electron chi connectivity index (χ4n) is 3.61. The highest BCUT2D eigenvalue weighted by atomic mass is 15.3. The van der Waals surface area contributed by atoms with Gasteiger partial charge in [-0.2, -0.15) is 0 Å². The number of benzene rings is 2. The van der Waals surface area contributed by atoms with Crippen molar-refractivity contribution in [3.05, 3.63) is 54.7 Å². The van der Waals surface area contributed by atoms with Crippen LogP contribution in [0.15, 0.2) is 54.7 Å². The Kier molecular flexibility index (Phi) is 5.32. The van der Waals surface area contributed by atoms with Gasteiger partial charge in [0.1, 0.15) is 0 Å². The predicted octanol–water partition coefficient (Wildman–Crippen LogP) is 3.03. The molecule has 0 aliphatic carbocycles. The second-order valence-corrected chi connectivity index (χ2v) is 7.49. The standard InChI is InChI=1S/C22H27N5/c1-26(2)14-12-23-20-10-13-27(16-20)22-24-11-9-21(25-22)19-8-7-17-5-3-4-6-18(17)15-19/h3-9,11,15,20,23H,10,12-14,16H2,1-2H3/t20-/m1/s1. The van der Waals surface area contributed by atoms with Crippen molar-refractivity contribution in [2.24, 2.45) is 0 Å². The molecule has 0 unspecified atom stereocenters. The minimum atomic E-state index is 0.512. The number of nitrogens with one attached hydrogen (secondary N) is 1. The third-order valence-corrected chi connectivity index (χ3v) is 5.15. The van der Waals surface area contributed by atoms with Gasteiger partial charge in [0.25, 0.3) is 0 Å². The quantitative estimate of drug-likeness (QED) is 0.731. The van der Waals surface area contributed by atoms with Crippen molar-refractivity contribution in [2.45, 2.75) is 12.5 Å². The average Bonchev–Trinajstić information content (AvgIpc) is 3.16. The third-order valence-electron chi connectivity index (χ3n) is 5.15. The van der Waals surface area contributed by atoms with E-state index in [0.717, 1.165) is 49.8 Å². The molecular formula is C22H27N5. The molecule has 1 fully saturated rings. The Balaban J connectivity index is 1.47. The summed E-state index contributed by atoms with van der Waals surface area (Å²) in [6.45, 7) is 4.04. The minimum absolute atomic E-state index is 0.512. The number of anilines is 1. The van der Waals surface area contributed by atoms with Crippen LogP contribution in [0.5, 0.6) is 0 Å². The highest BCUT2D eigenvalue weighted by Gasteiger charge is 2.24. The maximum Gasteiger partial charge on any atom is 0.225 e. The van der Waals surface area contributed by atoms with Crippen LogP contribution in [0.4, 0.5) is 5.95 Å². The smallest absolute Gasteiger partial charge is 0.225 e. The molecule has 1 aliphatic heterocycles. The van der Waals surface area contributed by atoms with Crippen molar-refractivity contribution in [2.75, 3.05) is 45.2 Å². The molecule has 0 spiro atoms. The van der Waals surface area contributed by atoms with Crippen LogP contribution in [0.3, 0.4) is 0 Å². The van der Waals surface area contributed by atoms with E-state index in [1.165, 1.54) is 10.8 Å². The molecule has 5 heteroatoms. The summed E-state index contributed by atoms with van der Waals surface area (Å²) in [6.07, 6.45) is 3.01. The Labute approximate surface area is 161 Å². The monoisotopic (exact) mass is 361 g/mol. The maximum atomic E-state index is 4.85. The van der Waals surface area contributed by atoms with E-state index in [9.17, 15) is 0 Å². The van der Waals surface area contributed by atoms with Gasteiger partial charge in [0.05, 0.1) is 5.69 Å². The number of likely N-dealkylation sites (N-methyl/N-ethyl adjacent to an activating group) is 1. The van der Waals surface area contributed by atoms with Gasteiger partial charge in [0.2, 0.25) is 5.95 Å². The number of hydrogen-bond acceptors (Lipinski definition) is 5. The fourth-order valence-corrected chi connectivity index (χ4v) is 3.61. The zero-order valence-corrected chi connectivity index (χ0v) is 16.1. The zero-order chi connectivity index (χ0) is 18.6. The molecule has 1 saturated heterocycles. The van der Waals surface area contributed by atoms with E-state index in [1.807, 2.05) is 12.3 Å². The summed E-state index contributed by atoms with van der Waals surface area (Å²) >= 11 is 0. The van der Waals surface area contributed by atoms with Crippen molar-refractivity contribution in [1.82, 2.24) is 20.2 Å². The first kappa shape index (κ1) is 17.9. The molecule has 1 aliphatic rings. The molecule has 2 heterocycles. The molecule has 5 nitrogen and oxygen atoms in total.